The van der Waals surface area contributed by atoms with Crippen molar-refractivity contribution in [3.05, 3.63) is 0 Å². The number of aliphatic carboxylic acids is 1. The first-order valence-corrected chi connectivity index (χ1v) is 6.24. The monoisotopic (exact) mass is 250 g/mol. The maximum Gasteiger partial charge on any atom is 0.321 e. The fraction of sp³-hybridized carbons (Fsp3) is 0.625. The summed E-state index contributed by atoms with van der Waals surface area (Å²) in [6, 6.07) is -0.708. The third-order valence-corrected chi connectivity index (χ3v) is 2.27. The van der Waals surface area contributed by atoms with Crippen LogP contribution in [0.1, 0.15) is 12.8 Å². The van der Waals surface area contributed by atoms with Crippen LogP contribution in [-0.4, -0.2) is 45.8 Å². The van der Waals surface area contributed by atoms with E-state index in [-0.39, 0.29) is 19.4 Å². The highest BCUT2D eigenvalue weighted by atomic mass is 32.2. The number of carbonyl (C=O) groups excluding carboxylic acids is 2. The van der Waals surface area contributed by atoms with Gasteiger partial charge in [0.25, 0.3) is 0 Å². The molecule has 1 unspecified atom stereocenters. The number of imide groups is 1. The Labute approximate surface area is 95.0 Å². The minimum absolute atomic E-state index is 0.196. The van der Waals surface area contributed by atoms with Crippen LogP contribution in [0, 0.1) is 0 Å². The fourth-order valence-electron chi connectivity index (χ4n) is 0.762. The van der Waals surface area contributed by atoms with Gasteiger partial charge in [0.05, 0.1) is 6.42 Å². The molecule has 0 radical (unpaired) electrons. The highest BCUT2D eigenvalue weighted by Crippen LogP contribution is 1.88. The lowest BCUT2D eigenvalue weighted by atomic mass is 10.3. The van der Waals surface area contributed by atoms with Gasteiger partial charge in [0.1, 0.15) is 0 Å². The second kappa shape index (κ2) is 7.80. The lowest BCUT2D eigenvalue weighted by Crippen LogP contribution is -2.40. The molecule has 0 saturated carbocycles. The van der Waals surface area contributed by atoms with Crippen LogP contribution < -0.4 is 10.6 Å². The van der Waals surface area contributed by atoms with Crippen molar-refractivity contribution in [3.8, 4) is 0 Å². The van der Waals surface area contributed by atoms with Gasteiger partial charge in [0, 0.05) is 35.8 Å². The average Bonchev–Trinajstić information content (AvgIpc) is 2.14. The van der Waals surface area contributed by atoms with Crippen LogP contribution in [0.15, 0.2) is 0 Å². The summed E-state index contributed by atoms with van der Waals surface area (Å²) < 4.78 is 10.6. The largest absolute Gasteiger partial charge is 0.481 e. The van der Waals surface area contributed by atoms with Crippen molar-refractivity contribution in [2.75, 3.05) is 18.6 Å². The predicted octanol–water partition coefficient (Wildman–Crippen LogP) is -0.944. The number of carbonyl (C=O) groups is 3. The molecule has 92 valence electrons. The van der Waals surface area contributed by atoms with Gasteiger partial charge < -0.3 is 10.4 Å². The Kier molecular flexibility index (Phi) is 7.10. The molecule has 0 spiro atoms. The van der Waals surface area contributed by atoms with Gasteiger partial charge in [-0.05, 0) is 0 Å². The maximum atomic E-state index is 11.0. The minimum Gasteiger partial charge on any atom is -0.481 e. The first kappa shape index (κ1) is 14.6. The fourth-order valence-corrected chi connectivity index (χ4v) is 1.15. The zero-order valence-electron chi connectivity index (χ0n) is 8.82. The first-order chi connectivity index (χ1) is 7.41. The van der Waals surface area contributed by atoms with Crippen molar-refractivity contribution >= 4 is 28.7 Å². The highest BCUT2D eigenvalue weighted by molar-refractivity contribution is 7.84. The van der Waals surface area contributed by atoms with Crippen molar-refractivity contribution < 1.29 is 23.7 Å². The Morgan fingerprint density at radius 1 is 1.25 bits per heavy atom. The van der Waals surface area contributed by atoms with Crippen LogP contribution in [0.2, 0.25) is 0 Å². The van der Waals surface area contributed by atoms with Crippen LogP contribution in [0.5, 0.6) is 0 Å². The number of hydrogen-bond donors (Lipinski definition) is 3. The van der Waals surface area contributed by atoms with Gasteiger partial charge in [0.2, 0.25) is 5.91 Å². The molecule has 0 saturated heterocycles. The molecule has 0 aromatic rings. The lowest BCUT2D eigenvalue weighted by Gasteiger charge is -2.04. The van der Waals surface area contributed by atoms with Crippen LogP contribution in [-0.2, 0) is 20.4 Å². The Hall–Kier alpha value is -1.44. The van der Waals surface area contributed by atoms with Gasteiger partial charge in [0.15, 0.2) is 0 Å². The Morgan fingerprint density at radius 3 is 2.38 bits per heavy atom. The minimum atomic E-state index is -1.10. The number of hydrogen-bond acceptors (Lipinski definition) is 4. The van der Waals surface area contributed by atoms with Crippen molar-refractivity contribution in [3.63, 3.8) is 0 Å². The van der Waals surface area contributed by atoms with E-state index in [1.165, 1.54) is 6.26 Å². The summed E-state index contributed by atoms with van der Waals surface area (Å²) in [7, 11) is -1.01. The van der Waals surface area contributed by atoms with E-state index < -0.39 is 28.7 Å². The molecule has 0 aliphatic heterocycles. The molecule has 0 rings (SSSR count). The SMILES string of the molecule is CS(=O)CCNC(=O)NC(=O)CCC(=O)O. The molecule has 0 fully saturated rings. The van der Waals surface area contributed by atoms with Crippen molar-refractivity contribution in [2.24, 2.45) is 0 Å². The standard InChI is InChI=1S/C8H14N2O5S/c1-16(15)5-4-9-8(14)10-6(11)2-3-7(12)13/h2-5H2,1H3,(H,12,13)(H2,9,10,11,14). The van der Waals surface area contributed by atoms with E-state index in [0.29, 0.717) is 5.75 Å². The van der Waals surface area contributed by atoms with Gasteiger partial charge in [-0.15, -0.1) is 0 Å². The number of urea groups is 1. The molecule has 0 aromatic carbocycles. The number of carboxylic acids is 1. The first-order valence-electron chi connectivity index (χ1n) is 4.51. The van der Waals surface area contributed by atoms with Crippen LogP contribution in [0.25, 0.3) is 0 Å². The quantitative estimate of drug-likeness (QED) is 0.563. The molecular weight excluding hydrogens is 236 g/mol. The normalized spacial score (nSPS) is 11.6. The molecule has 3 amide bonds. The van der Waals surface area contributed by atoms with Gasteiger partial charge >= 0.3 is 12.0 Å². The summed E-state index contributed by atoms with van der Waals surface area (Å²) in [5.41, 5.74) is 0. The molecule has 3 N–H and O–H groups in total. The Bertz CT molecular complexity index is 305. The summed E-state index contributed by atoms with van der Waals surface area (Å²) in [4.78, 5) is 32.1. The highest BCUT2D eigenvalue weighted by Gasteiger charge is 2.08. The zero-order valence-corrected chi connectivity index (χ0v) is 9.63. The third-order valence-electron chi connectivity index (χ3n) is 1.49. The van der Waals surface area contributed by atoms with E-state index in [9.17, 15) is 18.6 Å². The van der Waals surface area contributed by atoms with Crippen molar-refractivity contribution in [1.82, 2.24) is 10.6 Å². The van der Waals surface area contributed by atoms with Crippen LogP contribution >= 0.6 is 0 Å². The summed E-state index contributed by atoms with van der Waals surface area (Å²) in [6.07, 6.45) is 0.929. The molecule has 0 heterocycles. The molecule has 0 aliphatic rings. The predicted molar refractivity (Wildman–Crippen MR) is 57.3 cm³/mol. The molecule has 0 aliphatic carbocycles. The van der Waals surface area contributed by atoms with E-state index in [1.807, 2.05) is 5.32 Å². The third kappa shape index (κ3) is 9.13. The van der Waals surface area contributed by atoms with E-state index >= 15 is 0 Å². The van der Waals surface area contributed by atoms with Gasteiger partial charge in [-0.1, -0.05) is 0 Å². The van der Waals surface area contributed by atoms with Gasteiger partial charge in [-0.3, -0.25) is 19.1 Å². The summed E-state index contributed by atoms with van der Waals surface area (Å²) in [5, 5.41) is 12.6. The number of carboxylic acid groups (broad SMARTS) is 1. The molecule has 0 bridgehead atoms. The summed E-state index contributed by atoms with van der Waals surface area (Å²) >= 11 is 0. The van der Waals surface area contributed by atoms with Crippen molar-refractivity contribution in [1.29, 1.82) is 0 Å². The van der Waals surface area contributed by atoms with Crippen molar-refractivity contribution in [2.45, 2.75) is 12.8 Å². The number of rotatable bonds is 6. The maximum absolute atomic E-state index is 11.0. The Morgan fingerprint density at radius 2 is 1.88 bits per heavy atom. The summed E-state index contributed by atoms with van der Waals surface area (Å²) in [5.74, 6) is -1.45. The van der Waals surface area contributed by atoms with E-state index in [2.05, 4.69) is 5.32 Å². The second-order valence-electron chi connectivity index (χ2n) is 2.98. The van der Waals surface area contributed by atoms with E-state index in [1.54, 1.807) is 0 Å². The van der Waals surface area contributed by atoms with Gasteiger partial charge in [-0.25, -0.2) is 4.79 Å². The van der Waals surface area contributed by atoms with E-state index in [0.717, 1.165) is 0 Å². The molecule has 16 heavy (non-hydrogen) atoms. The van der Waals surface area contributed by atoms with Crippen LogP contribution in [0.3, 0.4) is 0 Å². The molecule has 1 atom stereocenters. The second-order valence-corrected chi connectivity index (χ2v) is 4.53. The lowest BCUT2D eigenvalue weighted by molar-refractivity contribution is -0.138. The molecule has 7 nitrogen and oxygen atoms in total. The Balaban J connectivity index is 3.66. The zero-order chi connectivity index (χ0) is 12.6. The topological polar surface area (TPSA) is 113 Å². The smallest absolute Gasteiger partial charge is 0.321 e. The van der Waals surface area contributed by atoms with E-state index in [4.69, 9.17) is 5.11 Å². The number of nitrogens with one attached hydrogen (secondary N) is 2. The van der Waals surface area contributed by atoms with Gasteiger partial charge in [-0.2, -0.15) is 0 Å². The molecule has 0 aromatic heterocycles. The summed E-state index contributed by atoms with van der Waals surface area (Å²) in [6.45, 7) is 0.196. The molecule has 8 heteroatoms. The number of amides is 3. The molecular formula is C8H14N2O5S. The average molecular weight is 250 g/mol. The van der Waals surface area contributed by atoms with Crippen LogP contribution in [0.4, 0.5) is 4.79 Å².